The zero-order chi connectivity index (χ0) is 9.42. The molecule has 0 radical (unpaired) electrons. The van der Waals surface area contributed by atoms with E-state index in [9.17, 15) is 4.79 Å². The Bertz CT molecular complexity index is 217. The highest BCUT2D eigenvalue weighted by atomic mass is 16.4. The minimum absolute atomic E-state index is 0.0689. The van der Waals surface area contributed by atoms with Crippen molar-refractivity contribution in [3.05, 3.63) is 0 Å². The van der Waals surface area contributed by atoms with Gasteiger partial charge in [0.1, 0.15) is 0 Å². The zero-order valence-corrected chi connectivity index (χ0v) is 7.78. The average Bonchev–Trinajstić information content (AvgIpc) is 2.26. The molecular weight excluding hydrogens is 166 g/mol. The lowest BCUT2D eigenvalue weighted by atomic mass is 9.59. The van der Waals surface area contributed by atoms with E-state index in [1.807, 2.05) is 0 Å². The predicted octanol–water partition coefficient (Wildman–Crippen LogP) is 1.22. The molecule has 2 aliphatic carbocycles. The monoisotopic (exact) mass is 183 g/mol. The van der Waals surface area contributed by atoms with Crippen LogP contribution in [0, 0.1) is 17.8 Å². The van der Waals surface area contributed by atoms with Gasteiger partial charge in [0.05, 0.1) is 5.92 Å². The highest BCUT2D eigenvalue weighted by Gasteiger charge is 2.51. The van der Waals surface area contributed by atoms with E-state index in [2.05, 4.69) is 0 Å². The quantitative estimate of drug-likeness (QED) is 0.642. The largest absolute Gasteiger partial charge is 0.481 e. The fraction of sp³-hybridized carbons (Fsp3) is 0.900. The van der Waals surface area contributed by atoms with Crippen molar-refractivity contribution in [2.75, 3.05) is 0 Å². The summed E-state index contributed by atoms with van der Waals surface area (Å²) in [5.41, 5.74) is 5.87. The summed E-state index contributed by atoms with van der Waals surface area (Å²) in [6, 6.07) is -0.0689. The van der Waals surface area contributed by atoms with Gasteiger partial charge < -0.3 is 10.8 Å². The Kier molecular flexibility index (Phi) is 2.28. The number of hydrogen-bond acceptors (Lipinski definition) is 2. The first-order valence-corrected chi connectivity index (χ1v) is 5.20. The maximum Gasteiger partial charge on any atom is 0.308 e. The molecule has 0 aliphatic heterocycles. The lowest BCUT2D eigenvalue weighted by Gasteiger charge is -2.47. The van der Waals surface area contributed by atoms with Gasteiger partial charge in [0.25, 0.3) is 0 Å². The molecule has 2 aliphatic rings. The molecule has 3 nitrogen and oxygen atoms in total. The SMILES string of the molecule is N[C@H]1[C@H]2CCCCC[C@H]2[C@H]1C(=O)O. The van der Waals surface area contributed by atoms with Crippen LogP contribution in [0.4, 0.5) is 0 Å². The van der Waals surface area contributed by atoms with Gasteiger partial charge in [0.2, 0.25) is 0 Å². The van der Waals surface area contributed by atoms with Gasteiger partial charge in [-0.05, 0) is 24.7 Å². The van der Waals surface area contributed by atoms with E-state index >= 15 is 0 Å². The maximum absolute atomic E-state index is 10.9. The molecule has 74 valence electrons. The third kappa shape index (κ3) is 1.35. The molecule has 4 atom stereocenters. The first-order chi connectivity index (χ1) is 6.22. The average molecular weight is 183 g/mol. The van der Waals surface area contributed by atoms with Crippen molar-refractivity contribution in [3.8, 4) is 0 Å². The number of aliphatic carboxylic acids is 1. The van der Waals surface area contributed by atoms with Crippen LogP contribution in [0.3, 0.4) is 0 Å². The number of carboxylic acid groups (broad SMARTS) is 1. The van der Waals surface area contributed by atoms with Crippen LogP contribution in [0.15, 0.2) is 0 Å². The van der Waals surface area contributed by atoms with E-state index in [1.54, 1.807) is 0 Å². The van der Waals surface area contributed by atoms with Crippen LogP contribution in [-0.4, -0.2) is 17.1 Å². The number of rotatable bonds is 1. The number of nitrogens with two attached hydrogens (primary N) is 1. The van der Waals surface area contributed by atoms with E-state index < -0.39 is 5.97 Å². The Labute approximate surface area is 78.3 Å². The summed E-state index contributed by atoms with van der Waals surface area (Å²) in [5.74, 6) is -0.0441. The molecule has 0 amide bonds. The summed E-state index contributed by atoms with van der Waals surface area (Å²) < 4.78 is 0. The molecule has 0 aromatic rings. The molecule has 0 aromatic carbocycles. The molecule has 0 heterocycles. The van der Waals surface area contributed by atoms with Gasteiger partial charge in [-0.25, -0.2) is 0 Å². The van der Waals surface area contributed by atoms with Crippen LogP contribution in [0.1, 0.15) is 32.1 Å². The van der Waals surface area contributed by atoms with Gasteiger partial charge in [-0.15, -0.1) is 0 Å². The minimum atomic E-state index is -0.685. The Morgan fingerprint density at radius 1 is 1.15 bits per heavy atom. The summed E-state index contributed by atoms with van der Waals surface area (Å²) in [5, 5.41) is 8.95. The summed E-state index contributed by atoms with van der Waals surface area (Å²) in [6.07, 6.45) is 5.91. The molecule has 0 bridgehead atoms. The van der Waals surface area contributed by atoms with Gasteiger partial charge in [-0.1, -0.05) is 19.3 Å². The fourth-order valence-corrected chi connectivity index (χ4v) is 3.04. The number of hydrogen-bond donors (Lipinski definition) is 2. The molecule has 0 aromatic heterocycles. The molecule has 0 spiro atoms. The van der Waals surface area contributed by atoms with Crippen molar-refractivity contribution < 1.29 is 9.90 Å². The van der Waals surface area contributed by atoms with E-state index in [0.717, 1.165) is 12.8 Å². The second-order valence-electron chi connectivity index (χ2n) is 4.41. The van der Waals surface area contributed by atoms with Crippen molar-refractivity contribution in [1.29, 1.82) is 0 Å². The molecule has 3 N–H and O–H groups in total. The summed E-state index contributed by atoms with van der Waals surface area (Å²) in [4.78, 5) is 10.9. The number of carboxylic acids is 1. The van der Waals surface area contributed by atoms with Crippen LogP contribution in [0.25, 0.3) is 0 Å². The van der Waals surface area contributed by atoms with Crippen LogP contribution >= 0.6 is 0 Å². The first kappa shape index (κ1) is 9.00. The predicted molar refractivity (Wildman–Crippen MR) is 49.2 cm³/mol. The maximum atomic E-state index is 10.9. The topological polar surface area (TPSA) is 63.3 Å². The lowest BCUT2D eigenvalue weighted by Crippen LogP contribution is -2.59. The highest BCUT2D eigenvalue weighted by Crippen LogP contribution is 2.47. The standard InChI is InChI=1S/C10H17NO2/c11-9-7-5-3-1-2-4-6(7)8(9)10(12)13/h6-9H,1-5,11H2,(H,12,13)/t6-,7+,8-,9+/m1/s1. The second kappa shape index (κ2) is 3.29. The van der Waals surface area contributed by atoms with E-state index in [1.165, 1.54) is 19.3 Å². The lowest BCUT2D eigenvalue weighted by molar-refractivity contribution is -0.153. The van der Waals surface area contributed by atoms with Crippen LogP contribution in [0.2, 0.25) is 0 Å². The molecule has 0 saturated heterocycles. The van der Waals surface area contributed by atoms with Crippen molar-refractivity contribution in [2.24, 2.45) is 23.5 Å². The van der Waals surface area contributed by atoms with Crippen LogP contribution in [0.5, 0.6) is 0 Å². The van der Waals surface area contributed by atoms with E-state index in [-0.39, 0.29) is 12.0 Å². The number of carbonyl (C=O) groups is 1. The Morgan fingerprint density at radius 2 is 1.77 bits per heavy atom. The Balaban J connectivity index is 2.05. The summed E-state index contributed by atoms with van der Waals surface area (Å²) in [6.45, 7) is 0. The molecule has 2 rings (SSSR count). The summed E-state index contributed by atoms with van der Waals surface area (Å²) in [7, 11) is 0. The van der Waals surface area contributed by atoms with Gasteiger partial charge in [-0.2, -0.15) is 0 Å². The molecular formula is C10H17NO2. The normalized spacial score (nSPS) is 44.4. The minimum Gasteiger partial charge on any atom is -0.481 e. The summed E-state index contributed by atoms with van der Waals surface area (Å²) >= 11 is 0. The molecule has 0 unspecified atom stereocenters. The number of fused-ring (bicyclic) bond motifs is 1. The second-order valence-corrected chi connectivity index (χ2v) is 4.41. The first-order valence-electron chi connectivity index (χ1n) is 5.20. The van der Waals surface area contributed by atoms with E-state index in [0.29, 0.717) is 11.8 Å². The molecule has 2 fully saturated rings. The fourth-order valence-electron chi connectivity index (χ4n) is 3.04. The van der Waals surface area contributed by atoms with Gasteiger partial charge in [-0.3, -0.25) is 4.79 Å². The third-order valence-corrected chi connectivity index (χ3v) is 3.78. The van der Waals surface area contributed by atoms with Gasteiger partial charge in [0, 0.05) is 6.04 Å². The highest BCUT2D eigenvalue weighted by molar-refractivity contribution is 5.73. The third-order valence-electron chi connectivity index (χ3n) is 3.78. The van der Waals surface area contributed by atoms with Crippen molar-refractivity contribution in [2.45, 2.75) is 38.1 Å². The van der Waals surface area contributed by atoms with Crippen LogP contribution in [-0.2, 0) is 4.79 Å². The zero-order valence-electron chi connectivity index (χ0n) is 7.78. The molecule has 13 heavy (non-hydrogen) atoms. The van der Waals surface area contributed by atoms with Crippen molar-refractivity contribution in [1.82, 2.24) is 0 Å². The Morgan fingerprint density at radius 3 is 2.38 bits per heavy atom. The Hall–Kier alpha value is -0.570. The van der Waals surface area contributed by atoms with E-state index in [4.69, 9.17) is 10.8 Å². The smallest absolute Gasteiger partial charge is 0.308 e. The van der Waals surface area contributed by atoms with Crippen molar-refractivity contribution >= 4 is 5.97 Å². The van der Waals surface area contributed by atoms with Crippen LogP contribution < -0.4 is 5.73 Å². The van der Waals surface area contributed by atoms with Gasteiger partial charge >= 0.3 is 5.97 Å². The molecule has 3 heteroatoms. The molecule has 2 saturated carbocycles. The van der Waals surface area contributed by atoms with Crippen molar-refractivity contribution in [3.63, 3.8) is 0 Å². The van der Waals surface area contributed by atoms with Gasteiger partial charge in [0.15, 0.2) is 0 Å².